The minimum Gasteiger partial charge on any atom is -0.113 e. The topological polar surface area (TPSA) is 0 Å². The van der Waals surface area contributed by atoms with Gasteiger partial charge in [-0.2, -0.15) is 0 Å². The van der Waals surface area contributed by atoms with Crippen molar-refractivity contribution in [1.29, 1.82) is 0 Å². The van der Waals surface area contributed by atoms with Crippen molar-refractivity contribution in [2.24, 2.45) is 17.3 Å². The molecule has 0 N–H and O–H groups in total. The van der Waals surface area contributed by atoms with Crippen LogP contribution in [0, 0.1) is 17.3 Å². The van der Waals surface area contributed by atoms with Gasteiger partial charge in [-0.05, 0) is 39.2 Å². The second-order valence-electron chi connectivity index (χ2n) is 7.74. The van der Waals surface area contributed by atoms with Gasteiger partial charge in [0.05, 0.1) is 0 Å². The molecule has 0 heterocycles. The maximum atomic E-state index is 3.68. The van der Waals surface area contributed by atoms with Crippen LogP contribution in [0.3, 0.4) is 0 Å². The van der Waals surface area contributed by atoms with Gasteiger partial charge in [0, 0.05) is 16.9 Å². The molecule has 0 bridgehead atoms. The van der Waals surface area contributed by atoms with Crippen LogP contribution in [0.1, 0.15) is 27.7 Å². The van der Waals surface area contributed by atoms with E-state index in [0.717, 1.165) is 0 Å². The first-order valence-electron chi connectivity index (χ1n) is 8.88. The van der Waals surface area contributed by atoms with Crippen molar-refractivity contribution in [1.82, 2.24) is 0 Å². The van der Waals surface area contributed by atoms with E-state index in [0.29, 0.717) is 11.8 Å². The fourth-order valence-corrected chi connectivity index (χ4v) is 4.17. The second-order valence-corrected chi connectivity index (χ2v) is 7.74. The minimum atomic E-state index is -0.0365. The van der Waals surface area contributed by atoms with Crippen molar-refractivity contribution in [3.05, 3.63) is 88.0 Å². The number of benzene rings is 1. The average Bonchev–Trinajstić information content (AvgIpc) is 3.19. The first kappa shape index (κ1) is 15.2. The molecule has 0 aliphatic heterocycles. The van der Waals surface area contributed by atoms with Crippen LogP contribution in [0.2, 0.25) is 0 Å². The zero-order valence-corrected chi connectivity index (χ0v) is 14.9. The number of rotatable bonds is 3. The Hall–Kier alpha value is -2.30. The van der Waals surface area contributed by atoms with E-state index in [2.05, 4.69) is 94.1 Å². The van der Waals surface area contributed by atoms with Gasteiger partial charge in [0.1, 0.15) is 0 Å². The van der Waals surface area contributed by atoms with Crippen LogP contribution >= 0.6 is 0 Å². The molecule has 3 aliphatic carbocycles. The van der Waals surface area contributed by atoms with Gasteiger partial charge in [-0.25, -0.2) is 0 Å². The Balaban J connectivity index is 1.98. The zero-order chi connectivity index (χ0) is 16.9. The van der Waals surface area contributed by atoms with Crippen LogP contribution < -0.4 is 10.4 Å². The average molecular weight is 312 g/mol. The molecular weight excluding hydrogens is 288 g/mol. The molecule has 3 aliphatic rings. The van der Waals surface area contributed by atoms with Crippen molar-refractivity contribution in [3.8, 4) is 0 Å². The lowest BCUT2D eigenvalue weighted by Gasteiger charge is -2.31. The Morgan fingerprint density at radius 1 is 0.958 bits per heavy atom. The molecule has 1 aromatic carbocycles. The molecule has 0 spiro atoms. The van der Waals surface area contributed by atoms with Crippen LogP contribution in [-0.4, -0.2) is 0 Å². The monoisotopic (exact) mass is 312 g/mol. The zero-order valence-electron chi connectivity index (χ0n) is 14.9. The summed E-state index contributed by atoms with van der Waals surface area (Å²) in [6, 6.07) is 8.86. The lowest BCUT2D eigenvalue weighted by molar-refractivity contribution is 0.591. The fourth-order valence-electron chi connectivity index (χ4n) is 4.17. The van der Waals surface area contributed by atoms with E-state index >= 15 is 0 Å². The van der Waals surface area contributed by atoms with E-state index in [4.69, 9.17) is 0 Å². The van der Waals surface area contributed by atoms with E-state index in [9.17, 15) is 0 Å². The van der Waals surface area contributed by atoms with Crippen LogP contribution in [0.15, 0.2) is 77.6 Å². The van der Waals surface area contributed by atoms with Crippen LogP contribution in [0.4, 0.5) is 0 Å². The molecule has 0 fully saturated rings. The largest absolute Gasteiger partial charge is 0.113 e. The van der Waals surface area contributed by atoms with Crippen molar-refractivity contribution in [2.75, 3.05) is 0 Å². The summed E-state index contributed by atoms with van der Waals surface area (Å²) in [4.78, 5) is 0. The lowest BCUT2D eigenvalue weighted by atomic mass is 9.71. The van der Waals surface area contributed by atoms with Gasteiger partial charge in [-0.3, -0.25) is 0 Å². The molecule has 0 amide bonds. The van der Waals surface area contributed by atoms with Crippen molar-refractivity contribution in [2.45, 2.75) is 27.7 Å². The number of allylic oxidation sites excluding steroid dienone is 7. The maximum Gasteiger partial charge on any atom is 0.0255 e. The summed E-state index contributed by atoms with van der Waals surface area (Å²) in [6.45, 7) is 9.18. The molecule has 1 aromatic rings. The summed E-state index contributed by atoms with van der Waals surface area (Å²) in [5, 5.41) is 2.79. The number of hydrogen-bond acceptors (Lipinski definition) is 0. The Morgan fingerprint density at radius 2 is 1.71 bits per heavy atom. The predicted molar refractivity (Wildman–Crippen MR) is 103 cm³/mol. The Kier molecular flexibility index (Phi) is 3.41. The minimum absolute atomic E-state index is 0.0365. The SMILES string of the molecule is CC(C)C1=C=C(C(C)(C)C2=c3ccccc3=C3C=CC=CC32)C=C1. The highest BCUT2D eigenvalue weighted by Crippen LogP contribution is 2.46. The molecule has 0 heteroatoms. The molecule has 0 radical (unpaired) electrons. The highest BCUT2D eigenvalue weighted by Gasteiger charge is 2.36. The van der Waals surface area contributed by atoms with Crippen molar-refractivity contribution >= 4 is 11.1 Å². The summed E-state index contributed by atoms with van der Waals surface area (Å²) in [5.41, 5.74) is 9.21. The quantitative estimate of drug-likeness (QED) is 0.724. The molecule has 0 saturated carbocycles. The summed E-state index contributed by atoms with van der Waals surface area (Å²) < 4.78 is 0. The predicted octanol–water partition coefficient (Wildman–Crippen LogP) is 4.45. The van der Waals surface area contributed by atoms with E-state index in [-0.39, 0.29) is 5.41 Å². The molecule has 0 nitrogen and oxygen atoms in total. The highest BCUT2D eigenvalue weighted by molar-refractivity contribution is 5.83. The highest BCUT2D eigenvalue weighted by atomic mass is 14.4. The first-order chi connectivity index (χ1) is 11.5. The molecule has 120 valence electrons. The molecular formula is C24H24. The Morgan fingerprint density at radius 3 is 2.42 bits per heavy atom. The lowest BCUT2D eigenvalue weighted by Crippen LogP contribution is -2.29. The van der Waals surface area contributed by atoms with Gasteiger partial charge in [0.15, 0.2) is 0 Å². The number of fused-ring (bicyclic) bond motifs is 2. The maximum absolute atomic E-state index is 3.68. The Labute approximate surface area is 144 Å². The van der Waals surface area contributed by atoms with Crippen LogP contribution in [0.25, 0.3) is 11.1 Å². The van der Waals surface area contributed by atoms with Gasteiger partial charge < -0.3 is 0 Å². The normalized spacial score (nSPS) is 21.3. The van der Waals surface area contributed by atoms with Crippen LogP contribution in [-0.2, 0) is 0 Å². The van der Waals surface area contributed by atoms with E-state index in [1.165, 1.54) is 32.7 Å². The van der Waals surface area contributed by atoms with Crippen LogP contribution in [0.5, 0.6) is 0 Å². The van der Waals surface area contributed by atoms with Gasteiger partial charge in [0.2, 0.25) is 0 Å². The molecule has 1 atom stereocenters. The van der Waals surface area contributed by atoms with Gasteiger partial charge in [-0.1, -0.05) is 82.3 Å². The molecule has 0 aromatic heterocycles. The molecule has 4 rings (SSSR count). The van der Waals surface area contributed by atoms with Crippen molar-refractivity contribution < 1.29 is 0 Å². The standard InChI is InChI=1S/C24H24/c1-16(2)17-13-14-18(15-17)24(3,4)23-21-11-7-5-9-19(21)20-10-6-8-12-22(20)23/h5-14,16,21H,1-4H3. The Bertz CT molecular complexity index is 981. The fraction of sp³-hybridized carbons (Fsp3) is 0.292. The third kappa shape index (κ3) is 2.14. The van der Waals surface area contributed by atoms with Crippen molar-refractivity contribution in [3.63, 3.8) is 0 Å². The third-order valence-corrected chi connectivity index (χ3v) is 5.54. The first-order valence-corrected chi connectivity index (χ1v) is 8.88. The summed E-state index contributed by atoms with van der Waals surface area (Å²) in [6.07, 6.45) is 13.5. The summed E-state index contributed by atoms with van der Waals surface area (Å²) in [5.74, 6) is 0.906. The van der Waals surface area contributed by atoms with Gasteiger partial charge in [0.25, 0.3) is 0 Å². The smallest absolute Gasteiger partial charge is 0.0255 e. The summed E-state index contributed by atoms with van der Waals surface area (Å²) in [7, 11) is 0. The van der Waals surface area contributed by atoms with Gasteiger partial charge in [-0.15, -0.1) is 5.73 Å². The van der Waals surface area contributed by atoms with Gasteiger partial charge >= 0.3 is 0 Å². The molecule has 24 heavy (non-hydrogen) atoms. The van der Waals surface area contributed by atoms with E-state index in [1.54, 1.807) is 0 Å². The molecule has 1 unspecified atom stereocenters. The number of hydrogen-bond donors (Lipinski definition) is 0. The second kappa shape index (κ2) is 5.36. The van der Waals surface area contributed by atoms with E-state index in [1.807, 2.05) is 0 Å². The third-order valence-electron chi connectivity index (χ3n) is 5.54. The molecule has 0 saturated heterocycles. The van der Waals surface area contributed by atoms with E-state index < -0.39 is 0 Å². The summed E-state index contributed by atoms with van der Waals surface area (Å²) >= 11 is 0.